The first kappa shape index (κ1) is 34.2. The largest absolute Gasteiger partial charge is 0.361 e. The zero-order valence-electron chi connectivity index (χ0n) is 27.6. The number of hydrogen-bond donors (Lipinski definition) is 2. The zero-order chi connectivity index (χ0) is 33.8. The van der Waals surface area contributed by atoms with Crippen LogP contribution in [0.15, 0.2) is 83.9 Å². The van der Waals surface area contributed by atoms with E-state index in [1.165, 1.54) is 0 Å². The standard InChI is InChI=1S/C37H44ClN5O4S/c1-41(2)24-27-20-28-21-30(38)13-14-35(28)43(25-27)37(45)34(22-29-23-39-33-11-7-6-10-32(29)33)40-36(44)15-12-26-16-18-42(19-17-26)48(46,47)31-8-4-3-5-9-31/h3-11,13-14,21,23,26-27,34,39H,12,15-20,22,24-25H2,1-2H3,(H,40,44)/t27-,34-/m1/s1. The van der Waals surface area contributed by atoms with E-state index in [0.29, 0.717) is 55.2 Å². The average molecular weight is 690 g/mol. The number of nitrogens with zero attached hydrogens (tertiary/aromatic N) is 3. The smallest absolute Gasteiger partial charge is 0.249 e. The lowest BCUT2D eigenvalue weighted by Gasteiger charge is -2.37. The summed E-state index contributed by atoms with van der Waals surface area (Å²) in [6, 6.07) is 21.4. The number of fused-ring (bicyclic) bond motifs is 2. The number of carbonyl (C=O) groups excluding carboxylic acids is 2. The summed E-state index contributed by atoms with van der Waals surface area (Å²) in [5.74, 6) is 0.132. The fourth-order valence-corrected chi connectivity index (χ4v) is 8.94. The molecule has 2 amide bonds. The molecule has 254 valence electrons. The normalized spacial score (nSPS) is 18.2. The van der Waals surface area contributed by atoms with E-state index < -0.39 is 16.1 Å². The van der Waals surface area contributed by atoms with Crippen LogP contribution in [0.2, 0.25) is 5.02 Å². The van der Waals surface area contributed by atoms with Crippen LogP contribution in [0, 0.1) is 11.8 Å². The summed E-state index contributed by atoms with van der Waals surface area (Å²) in [4.78, 5) is 35.7. The molecule has 4 aromatic rings. The molecule has 2 aliphatic heterocycles. The number of amides is 2. The van der Waals surface area contributed by atoms with Gasteiger partial charge in [-0.05, 0) is 99.1 Å². The Bertz CT molecular complexity index is 1850. The summed E-state index contributed by atoms with van der Waals surface area (Å²) < 4.78 is 27.7. The minimum atomic E-state index is -3.53. The summed E-state index contributed by atoms with van der Waals surface area (Å²) in [7, 11) is 0.538. The molecule has 1 fully saturated rings. The van der Waals surface area contributed by atoms with Gasteiger partial charge in [0.1, 0.15) is 6.04 Å². The number of H-pyrrole nitrogens is 1. The Morgan fingerprint density at radius 1 is 1.00 bits per heavy atom. The Kier molecular flexibility index (Phi) is 10.6. The van der Waals surface area contributed by atoms with Crippen LogP contribution in [-0.2, 0) is 32.5 Å². The van der Waals surface area contributed by atoms with Crippen LogP contribution < -0.4 is 10.2 Å². The Morgan fingerprint density at radius 3 is 2.48 bits per heavy atom. The predicted octanol–water partition coefficient (Wildman–Crippen LogP) is 5.50. The molecule has 2 aliphatic rings. The maximum Gasteiger partial charge on any atom is 0.249 e. The van der Waals surface area contributed by atoms with E-state index in [1.54, 1.807) is 34.6 Å². The van der Waals surface area contributed by atoms with Crippen molar-refractivity contribution >= 4 is 50.0 Å². The number of nitrogens with one attached hydrogen (secondary N) is 2. The van der Waals surface area contributed by atoms with Gasteiger partial charge in [-0.1, -0.05) is 48.0 Å². The number of rotatable bonds is 11. The van der Waals surface area contributed by atoms with Crippen LogP contribution in [0.5, 0.6) is 0 Å². The van der Waals surface area contributed by atoms with E-state index in [4.69, 9.17) is 11.6 Å². The summed E-state index contributed by atoms with van der Waals surface area (Å²) in [5, 5.41) is 4.79. The lowest BCUT2D eigenvalue weighted by atomic mass is 9.91. The van der Waals surface area contributed by atoms with Gasteiger partial charge >= 0.3 is 0 Å². The lowest BCUT2D eigenvalue weighted by Crippen LogP contribution is -2.53. The molecule has 1 saturated heterocycles. The number of halogens is 1. The monoisotopic (exact) mass is 689 g/mol. The first-order chi connectivity index (χ1) is 23.1. The topological polar surface area (TPSA) is 106 Å². The molecule has 11 heteroatoms. The van der Waals surface area contributed by atoms with E-state index in [-0.39, 0.29) is 30.1 Å². The third-order valence-corrected chi connectivity index (χ3v) is 11.8. The van der Waals surface area contributed by atoms with Crippen molar-refractivity contribution in [3.63, 3.8) is 0 Å². The molecule has 2 atom stereocenters. The van der Waals surface area contributed by atoms with E-state index >= 15 is 0 Å². The van der Waals surface area contributed by atoms with Crippen molar-refractivity contribution in [3.05, 3.63) is 95.1 Å². The minimum absolute atomic E-state index is 0.139. The molecule has 0 bridgehead atoms. The van der Waals surface area contributed by atoms with Crippen molar-refractivity contribution in [1.82, 2.24) is 19.5 Å². The van der Waals surface area contributed by atoms with Crippen molar-refractivity contribution in [1.29, 1.82) is 0 Å². The van der Waals surface area contributed by atoms with Crippen molar-refractivity contribution in [2.45, 2.75) is 49.5 Å². The zero-order valence-corrected chi connectivity index (χ0v) is 29.1. The number of carbonyl (C=O) groups is 2. The highest BCUT2D eigenvalue weighted by molar-refractivity contribution is 7.89. The van der Waals surface area contributed by atoms with Gasteiger partial charge in [0.05, 0.1) is 4.90 Å². The number of anilines is 1. The second-order valence-corrected chi connectivity index (χ2v) is 15.8. The van der Waals surface area contributed by atoms with E-state index in [9.17, 15) is 18.0 Å². The maximum atomic E-state index is 14.5. The molecular formula is C37H44ClN5O4S. The van der Waals surface area contributed by atoms with E-state index in [2.05, 4.69) is 15.2 Å². The first-order valence-corrected chi connectivity index (χ1v) is 18.5. The van der Waals surface area contributed by atoms with Crippen LogP contribution >= 0.6 is 11.6 Å². The minimum Gasteiger partial charge on any atom is -0.361 e. The van der Waals surface area contributed by atoms with Crippen molar-refractivity contribution in [3.8, 4) is 0 Å². The third-order valence-electron chi connectivity index (χ3n) is 9.64. The molecule has 9 nitrogen and oxygen atoms in total. The van der Waals surface area contributed by atoms with Gasteiger partial charge in [-0.3, -0.25) is 9.59 Å². The van der Waals surface area contributed by atoms with Gasteiger partial charge in [0.15, 0.2) is 0 Å². The van der Waals surface area contributed by atoms with Gasteiger partial charge in [0, 0.05) is 66.8 Å². The number of piperidine rings is 1. The highest BCUT2D eigenvalue weighted by Crippen LogP contribution is 2.33. The third kappa shape index (κ3) is 7.78. The van der Waals surface area contributed by atoms with E-state index in [1.807, 2.05) is 67.7 Å². The van der Waals surface area contributed by atoms with Gasteiger partial charge in [0.2, 0.25) is 21.8 Å². The van der Waals surface area contributed by atoms with Crippen LogP contribution in [0.1, 0.15) is 36.8 Å². The van der Waals surface area contributed by atoms with Gasteiger partial charge in [-0.25, -0.2) is 8.42 Å². The lowest BCUT2D eigenvalue weighted by molar-refractivity contribution is -0.127. The van der Waals surface area contributed by atoms with Crippen LogP contribution in [0.3, 0.4) is 0 Å². The summed E-state index contributed by atoms with van der Waals surface area (Å²) in [6.45, 7) is 2.23. The maximum absolute atomic E-state index is 14.5. The molecule has 6 rings (SSSR count). The molecule has 2 N–H and O–H groups in total. The molecule has 0 unspecified atom stereocenters. The number of hydrogen-bond acceptors (Lipinski definition) is 5. The number of para-hydroxylation sites is 1. The van der Waals surface area contributed by atoms with E-state index in [0.717, 1.165) is 40.7 Å². The van der Waals surface area contributed by atoms with Crippen molar-refractivity contribution in [2.75, 3.05) is 45.2 Å². The molecule has 3 heterocycles. The number of aromatic amines is 1. The summed E-state index contributed by atoms with van der Waals surface area (Å²) >= 11 is 6.39. The highest BCUT2D eigenvalue weighted by atomic mass is 35.5. The second-order valence-electron chi connectivity index (χ2n) is 13.4. The Hall–Kier alpha value is -3.70. The molecular weight excluding hydrogens is 646 g/mol. The highest BCUT2D eigenvalue weighted by Gasteiger charge is 2.35. The van der Waals surface area contributed by atoms with Crippen molar-refractivity contribution < 1.29 is 18.0 Å². The Labute approximate surface area is 288 Å². The van der Waals surface area contributed by atoms with Crippen LogP contribution in [0.25, 0.3) is 10.9 Å². The fourth-order valence-electron chi connectivity index (χ4n) is 7.25. The molecule has 0 radical (unpaired) electrons. The molecule has 0 spiro atoms. The average Bonchev–Trinajstić information content (AvgIpc) is 3.49. The summed E-state index contributed by atoms with van der Waals surface area (Å²) in [5.41, 5.74) is 3.82. The fraction of sp³-hybridized carbons (Fsp3) is 0.405. The second kappa shape index (κ2) is 14.8. The number of benzene rings is 3. The molecule has 1 aromatic heterocycles. The molecule has 0 saturated carbocycles. The predicted molar refractivity (Wildman–Crippen MR) is 191 cm³/mol. The Morgan fingerprint density at radius 2 is 1.73 bits per heavy atom. The summed E-state index contributed by atoms with van der Waals surface area (Å²) in [6.07, 6.45) is 5.38. The van der Waals surface area contributed by atoms with Gasteiger partial charge < -0.3 is 20.1 Å². The first-order valence-electron chi connectivity index (χ1n) is 16.7. The molecule has 0 aliphatic carbocycles. The van der Waals surface area contributed by atoms with Crippen LogP contribution in [-0.4, -0.2) is 80.7 Å². The van der Waals surface area contributed by atoms with Crippen molar-refractivity contribution in [2.24, 2.45) is 11.8 Å². The number of aromatic nitrogens is 1. The Balaban J connectivity index is 1.16. The molecule has 48 heavy (non-hydrogen) atoms. The molecule has 3 aromatic carbocycles. The SMILES string of the molecule is CN(C)C[C@H]1Cc2cc(Cl)ccc2N(C(=O)[C@@H](Cc2c[nH]c3ccccc23)NC(=O)CCC2CCN(S(=O)(=O)c3ccccc3)CC2)C1. The van der Waals surface area contributed by atoms with Crippen LogP contribution in [0.4, 0.5) is 5.69 Å². The number of sulfonamides is 1. The van der Waals surface area contributed by atoms with Gasteiger partial charge in [-0.2, -0.15) is 4.31 Å². The van der Waals surface area contributed by atoms with Gasteiger partial charge in [-0.15, -0.1) is 0 Å². The quantitative estimate of drug-likeness (QED) is 0.217. The van der Waals surface area contributed by atoms with Gasteiger partial charge in [0.25, 0.3) is 0 Å².